The molecular formula is C14H19F2NO3S. The Kier molecular flexibility index (Phi) is 5.29. The maximum Gasteiger partial charge on any atom is 0.246 e. The van der Waals surface area contributed by atoms with Crippen LogP contribution in [0.3, 0.4) is 0 Å². The summed E-state index contributed by atoms with van der Waals surface area (Å²) < 4.78 is 53.0. The number of rotatable bonds is 5. The van der Waals surface area contributed by atoms with Crippen molar-refractivity contribution < 1.29 is 22.3 Å². The second-order valence-corrected chi connectivity index (χ2v) is 7.07. The molecule has 0 aromatic heterocycles. The van der Waals surface area contributed by atoms with Gasteiger partial charge in [0, 0.05) is 6.54 Å². The van der Waals surface area contributed by atoms with Crippen molar-refractivity contribution in [2.75, 3.05) is 6.54 Å². The number of benzene rings is 1. The van der Waals surface area contributed by atoms with E-state index < -0.39 is 32.7 Å². The summed E-state index contributed by atoms with van der Waals surface area (Å²) in [6.07, 6.45) is 3.99. The van der Waals surface area contributed by atoms with E-state index in [4.69, 9.17) is 0 Å². The molecule has 4 nitrogen and oxygen atoms in total. The van der Waals surface area contributed by atoms with Crippen LogP contribution in [0, 0.1) is 17.6 Å². The van der Waals surface area contributed by atoms with Gasteiger partial charge in [-0.2, -0.15) is 0 Å². The highest BCUT2D eigenvalue weighted by Crippen LogP contribution is 2.26. The van der Waals surface area contributed by atoms with Gasteiger partial charge in [0.05, 0.1) is 6.10 Å². The predicted molar refractivity (Wildman–Crippen MR) is 74.1 cm³/mol. The number of aliphatic hydroxyl groups excluding tert-OH is 1. The summed E-state index contributed by atoms with van der Waals surface area (Å²) in [5.41, 5.74) is 0. The van der Waals surface area contributed by atoms with E-state index in [1.165, 1.54) is 0 Å². The largest absolute Gasteiger partial charge is 0.391 e. The van der Waals surface area contributed by atoms with Gasteiger partial charge in [0.15, 0.2) is 4.90 Å². The smallest absolute Gasteiger partial charge is 0.246 e. The normalized spacial score (nSPS) is 18.6. The molecule has 21 heavy (non-hydrogen) atoms. The molecule has 1 aromatic carbocycles. The molecule has 7 heteroatoms. The van der Waals surface area contributed by atoms with Gasteiger partial charge < -0.3 is 5.11 Å². The number of halogens is 2. The molecule has 1 atom stereocenters. The lowest BCUT2D eigenvalue weighted by Crippen LogP contribution is -2.37. The van der Waals surface area contributed by atoms with Crippen molar-refractivity contribution in [2.24, 2.45) is 5.92 Å². The third kappa shape index (κ3) is 3.99. The molecule has 0 saturated heterocycles. The lowest BCUT2D eigenvalue weighted by atomic mass is 9.85. The van der Waals surface area contributed by atoms with Gasteiger partial charge in [-0.15, -0.1) is 0 Å². The molecule has 0 bridgehead atoms. The molecule has 0 spiro atoms. The van der Waals surface area contributed by atoms with E-state index in [0.29, 0.717) is 0 Å². The molecule has 1 unspecified atom stereocenters. The first kappa shape index (κ1) is 16.3. The lowest BCUT2D eigenvalue weighted by molar-refractivity contribution is 0.0888. The lowest BCUT2D eigenvalue weighted by Gasteiger charge is -2.26. The second-order valence-electron chi connectivity index (χ2n) is 5.37. The molecule has 1 aromatic rings. The zero-order chi connectivity index (χ0) is 15.5. The first-order chi connectivity index (χ1) is 9.92. The summed E-state index contributed by atoms with van der Waals surface area (Å²) in [5, 5.41) is 10.0. The van der Waals surface area contributed by atoms with Crippen LogP contribution in [0.25, 0.3) is 0 Å². The minimum atomic E-state index is -4.32. The van der Waals surface area contributed by atoms with Crippen LogP contribution in [-0.2, 0) is 10.0 Å². The first-order valence-corrected chi connectivity index (χ1v) is 8.52. The highest BCUT2D eigenvalue weighted by atomic mass is 32.2. The molecule has 2 N–H and O–H groups in total. The van der Waals surface area contributed by atoms with E-state index >= 15 is 0 Å². The quantitative estimate of drug-likeness (QED) is 0.874. The van der Waals surface area contributed by atoms with Crippen LogP contribution in [0.15, 0.2) is 23.1 Å². The number of nitrogens with one attached hydrogen (secondary N) is 1. The minimum Gasteiger partial charge on any atom is -0.391 e. The van der Waals surface area contributed by atoms with E-state index in [0.717, 1.165) is 50.3 Å². The molecule has 1 aliphatic carbocycles. The van der Waals surface area contributed by atoms with Gasteiger partial charge in [-0.3, -0.25) is 0 Å². The van der Waals surface area contributed by atoms with Gasteiger partial charge in [0.1, 0.15) is 11.6 Å². The Hall–Kier alpha value is -1.05. The van der Waals surface area contributed by atoms with Crippen LogP contribution >= 0.6 is 0 Å². The number of hydrogen-bond acceptors (Lipinski definition) is 3. The molecule has 118 valence electrons. The van der Waals surface area contributed by atoms with Gasteiger partial charge in [-0.1, -0.05) is 25.3 Å². The average Bonchev–Trinajstić information content (AvgIpc) is 2.45. The second kappa shape index (κ2) is 6.81. The van der Waals surface area contributed by atoms with E-state index in [9.17, 15) is 22.3 Å². The molecule has 1 saturated carbocycles. The highest BCUT2D eigenvalue weighted by Gasteiger charge is 2.27. The standard InChI is InChI=1S/C14H19F2NO3S/c15-11-7-4-8-12(16)14(11)21(19,20)17-9-13(18)10-5-2-1-3-6-10/h4,7-8,10,13,17-18H,1-3,5-6,9H2. The van der Waals surface area contributed by atoms with Crippen molar-refractivity contribution >= 4 is 10.0 Å². The van der Waals surface area contributed by atoms with E-state index in [-0.39, 0.29) is 12.5 Å². The Morgan fingerprint density at radius 1 is 1.19 bits per heavy atom. The van der Waals surface area contributed by atoms with E-state index in [1.807, 2.05) is 0 Å². The van der Waals surface area contributed by atoms with Crippen molar-refractivity contribution in [3.8, 4) is 0 Å². The fourth-order valence-corrected chi connectivity index (χ4v) is 3.88. The van der Waals surface area contributed by atoms with E-state index in [2.05, 4.69) is 4.72 Å². The molecule has 1 fully saturated rings. The van der Waals surface area contributed by atoms with Crippen molar-refractivity contribution in [2.45, 2.75) is 43.1 Å². The molecule has 0 amide bonds. The van der Waals surface area contributed by atoms with Crippen LogP contribution in [0.5, 0.6) is 0 Å². The molecule has 1 aliphatic rings. The third-order valence-corrected chi connectivity index (χ3v) is 5.34. The van der Waals surface area contributed by atoms with E-state index in [1.54, 1.807) is 0 Å². The molecule has 2 rings (SSSR count). The summed E-state index contributed by atoms with van der Waals surface area (Å²) in [6.45, 7) is -0.235. The summed E-state index contributed by atoms with van der Waals surface area (Å²) >= 11 is 0. The Morgan fingerprint density at radius 3 is 2.33 bits per heavy atom. The Morgan fingerprint density at radius 2 is 1.76 bits per heavy atom. The van der Waals surface area contributed by atoms with Crippen LogP contribution in [0.1, 0.15) is 32.1 Å². The zero-order valence-electron chi connectivity index (χ0n) is 11.6. The topological polar surface area (TPSA) is 66.4 Å². The van der Waals surface area contributed by atoms with Crippen molar-refractivity contribution in [1.29, 1.82) is 0 Å². The van der Waals surface area contributed by atoms with Gasteiger partial charge in [0.2, 0.25) is 10.0 Å². The molecule has 0 heterocycles. The SMILES string of the molecule is O=S(=O)(NCC(O)C1CCCCC1)c1c(F)cccc1F. The van der Waals surface area contributed by atoms with Gasteiger partial charge in [-0.25, -0.2) is 21.9 Å². The average molecular weight is 319 g/mol. The molecular weight excluding hydrogens is 300 g/mol. The van der Waals surface area contributed by atoms with Crippen molar-refractivity contribution in [3.63, 3.8) is 0 Å². The fourth-order valence-electron chi connectivity index (χ4n) is 2.69. The van der Waals surface area contributed by atoms with Crippen LogP contribution < -0.4 is 4.72 Å². The zero-order valence-corrected chi connectivity index (χ0v) is 12.4. The van der Waals surface area contributed by atoms with Crippen LogP contribution in [0.2, 0.25) is 0 Å². The Bertz CT molecular complexity index is 566. The van der Waals surface area contributed by atoms with Crippen molar-refractivity contribution in [1.82, 2.24) is 4.72 Å². The number of hydrogen-bond donors (Lipinski definition) is 2. The summed E-state index contributed by atoms with van der Waals surface area (Å²) in [4.78, 5) is -0.999. The third-order valence-electron chi connectivity index (χ3n) is 3.86. The summed E-state index contributed by atoms with van der Waals surface area (Å²) in [5.74, 6) is -2.25. The Balaban J connectivity index is 2.04. The molecule has 0 aliphatic heterocycles. The highest BCUT2D eigenvalue weighted by molar-refractivity contribution is 7.89. The predicted octanol–water partition coefficient (Wildman–Crippen LogP) is 2.18. The fraction of sp³-hybridized carbons (Fsp3) is 0.571. The van der Waals surface area contributed by atoms with Crippen molar-refractivity contribution in [3.05, 3.63) is 29.8 Å². The Labute approximate surface area is 123 Å². The van der Waals surface area contributed by atoms with Crippen LogP contribution in [-0.4, -0.2) is 26.2 Å². The van der Waals surface area contributed by atoms with Gasteiger partial charge in [0.25, 0.3) is 0 Å². The maximum atomic E-state index is 13.5. The minimum absolute atomic E-state index is 0.0342. The first-order valence-electron chi connectivity index (χ1n) is 7.03. The number of sulfonamides is 1. The number of aliphatic hydroxyl groups is 1. The monoisotopic (exact) mass is 319 g/mol. The van der Waals surface area contributed by atoms with Gasteiger partial charge in [-0.05, 0) is 30.9 Å². The molecule has 0 radical (unpaired) electrons. The summed E-state index contributed by atoms with van der Waals surface area (Å²) in [7, 11) is -4.32. The maximum absolute atomic E-state index is 13.5. The van der Waals surface area contributed by atoms with Crippen LogP contribution in [0.4, 0.5) is 8.78 Å². The van der Waals surface area contributed by atoms with Gasteiger partial charge >= 0.3 is 0 Å². The summed E-state index contributed by atoms with van der Waals surface area (Å²) in [6, 6.07) is 2.87.